The third-order valence-electron chi connectivity index (χ3n) is 5.05. The van der Waals surface area contributed by atoms with E-state index >= 15 is 0 Å². The summed E-state index contributed by atoms with van der Waals surface area (Å²) in [4.78, 5) is 0. The third-order valence-corrected chi connectivity index (χ3v) is 5.05. The molecule has 0 amide bonds. The van der Waals surface area contributed by atoms with Gasteiger partial charge in [0.15, 0.2) is 6.17 Å². The monoisotopic (exact) mass is 308 g/mol. The molecule has 2 fully saturated rings. The minimum atomic E-state index is -1.62. The van der Waals surface area contributed by atoms with Gasteiger partial charge in [-0.1, -0.05) is 6.92 Å². The highest BCUT2D eigenvalue weighted by atomic mass is 19.2. The molecule has 0 heterocycles. The molecule has 5 heteroatoms. The Morgan fingerprint density at radius 2 is 1.67 bits per heavy atom. The maximum atomic E-state index is 14.4. The minimum Gasteiger partial charge on any atom is -0.381 e. The van der Waals surface area contributed by atoms with Crippen LogP contribution >= 0.6 is 0 Å². The normalized spacial score (nSPS) is 44.7. The molecule has 0 aliphatic heterocycles. The number of hydrogen-bond acceptors (Lipinski definition) is 2. The Hall–Kier alpha value is -0.290. The molecule has 0 saturated heterocycles. The van der Waals surface area contributed by atoms with Gasteiger partial charge in [0.2, 0.25) is 0 Å². The molecular formula is C16H27F3O2. The summed E-state index contributed by atoms with van der Waals surface area (Å²) in [7, 11) is 1.57. The van der Waals surface area contributed by atoms with Crippen molar-refractivity contribution in [1.82, 2.24) is 0 Å². The van der Waals surface area contributed by atoms with Gasteiger partial charge in [-0.3, -0.25) is 0 Å². The molecule has 2 aliphatic carbocycles. The van der Waals surface area contributed by atoms with E-state index in [9.17, 15) is 13.2 Å². The molecule has 7 unspecified atom stereocenters. The molecule has 2 saturated carbocycles. The SMILES string of the molecule is CCCOC1CCC(C2CCC(OC)CC2F)C(F)C1F. The van der Waals surface area contributed by atoms with E-state index in [0.29, 0.717) is 32.3 Å². The number of halogens is 3. The first-order valence-electron chi connectivity index (χ1n) is 8.15. The van der Waals surface area contributed by atoms with Gasteiger partial charge in [-0.15, -0.1) is 0 Å². The Bertz CT molecular complexity index is 316. The van der Waals surface area contributed by atoms with E-state index in [2.05, 4.69) is 0 Å². The van der Waals surface area contributed by atoms with Crippen LogP contribution in [0.3, 0.4) is 0 Å². The highest BCUT2D eigenvalue weighted by molar-refractivity contribution is 4.95. The smallest absolute Gasteiger partial charge is 0.157 e. The first-order valence-corrected chi connectivity index (χ1v) is 8.15. The van der Waals surface area contributed by atoms with Gasteiger partial charge >= 0.3 is 0 Å². The molecule has 0 spiro atoms. The number of rotatable bonds is 5. The second-order valence-electron chi connectivity index (χ2n) is 6.39. The Morgan fingerprint density at radius 1 is 0.952 bits per heavy atom. The molecule has 21 heavy (non-hydrogen) atoms. The molecule has 0 radical (unpaired) electrons. The zero-order chi connectivity index (χ0) is 15.4. The Morgan fingerprint density at radius 3 is 2.29 bits per heavy atom. The van der Waals surface area contributed by atoms with Crippen LogP contribution in [0, 0.1) is 11.8 Å². The highest BCUT2D eigenvalue weighted by Crippen LogP contribution is 2.43. The van der Waals surface area contributed by atoms with Gasteiger partial charge in [-0.25, -0.2) is 13.2 Å². The van der Waals surface area contributed by atoms with Crippen molar-refractivity contribution < 1.29 is 22.6 Å². The molecule has 124 valence electrons. The molecule has 2 rings (SSSR count). The van der Waals surface area contributed by atoms with Crippen LogP contribution in [0.4, 0.5) is 13.2 Å². The van der Waals surface area contributed by atoms with Gasteiger partial charge in [-0.2, -0.15) is 0 Å². The van der Waals surface area contributed by atoms with Crippen molar-refractivity contribution in [3.05, 3.63) is 0 Å². The van der Waals surface area contributed by atoms with Crippen molar-refractivity contribution in [3.63, 3.8) is 0 Å². The van der Waals surface area contributed by atoms with E-state index in [4.69, 9.17) is 9.47 Å². The average Bonchev–Trinajstić information content (AvgIpc) is 2.49. The number of alkyl halides is 3. The quantitative estimate of drug-likeness (QED) is 0.763. The minimum absolute atomic E-state index is 0.0836. The molecule has 0 aromatic rings. The van der Waals surface area contributed by atoms with E-state index in [1.165, 1.54) is 0 Å². The van der Waals surface area contributed by atoms with Gasteiger partial charge < -0.3 is 9.47 Å². The predicted octanol–water partition coefficient (Wildman–Crippen LogP) is 4.02. The van der Waals surface area contributed by atoms with E-state index < -0.39 is 30.5 Å². The Kier molecular flexibility index (Phi) is 6.35. The maximum Gasteiger partial charge on any atom is 0.157 e. The van der Waals surface area contributed by atoms with Crippen LogP contribution in [0.15, 0.2) is 0 Å². The molecule has 2 nitrogen and oxygen atoms in total. The van der Waals surface area contributed by atoms with Crippen molar-refractivity contribution in [2.75, 3.05) is 13.7 Å². The molecular weight excluding hydrogens is 281 g/mol. The Balaban J connectivity index is 1.93. The van der Waals surface area contributed by atoms with Crippen LogP contribution in [0.1, 0.15) is 45.4 Å². The topological polar surface area (TPSA) is 18.5 Å². The van der Waals surface area contributed by atoms with E-state index in [-0.39, 0.29) is 12.0 Å². The lowest BCUT2D eigenvalue weighted by molar-refractivity contribution is -0.0999. The lowest BCUT2D eigenvalue weighted by Crippen LogP contribution is -2.48. The van der Waals surface area contributed by atoms with Gasteiger partial charge in [0.25, 0.3) is 0 Å². The molecule has 0 aromatic carbocycles. The lowest BCUT2D eigenvalue weighted by atomic mass is 9.70. The van der Waals surface area contributed by atoms with Crippen molar-refractivity contribution in [2.24, 2.45) is 11.8 Å². The van der Waals surface area contributed by atoms with Crippen LogP contribution in [0.5, 0.6) is 0 Å². The molecule has 7 atom stereocenters. The van der Waals surface area contributed by atoms with E-state index in [0.717, 1.165) is 12.8 Å². The molecule has 0 bridgehead atoms. The summed E-state index contributed by atoms with van der Waals surface area (Å²) in [6.45, 7) is 2.39. The predicted molar refractivity (Wildman–Crippen MR) is 75.6 cm³/mol. The summed E-state index contributed by atoms with van der Waals surface area (Å²) in [5.41, 5.74) is 0. The van der Waals surface area contributed by atoms with Crippen molar-refractivity contribution in [1.29, 1.82) is 0 Å². The molecule has 0 aromatic heterocycles. The Labute approximate surface area is 125 Å². The van der Waals surface area contributed by atoms with E-state index in [1.807, 2.05) is 6.92 Å². The van der Waals surface area contributed by atoms with E-state index in [1.54, 1.807) is 7.11 Å². The van der Waals surface area contributed by atoms with Gasteiger partial charge in [0.05, 0.1) is 12.2 Å². The summed E-state index contributed by atoms with van der Waals surface area (Å²) >= 11 is 0. The fourth-order valence-corrected chi connectivity index (χ4v) is 3.81. The summed E-state index contributed by atoms with van der Waals surface area (Å²) < 4.78 is 53.4. The fourth-order valence-electron chi connectivity index (χ4n) is 3.81. The second-order valence-corrected chi connectivity index (χ2v) is 6.39. The summed E-state index contributed by atoms with van der Waals surface area (Å²) in [6, 6.07) is 0. The van der Waals surface area contributed by atoms with Crippen LogP contribution in [0.25, 0.3) is 0 Å². The number of ether oxygens (including phenoxy) is 2. The maximum absolute atomic E-state index is 14.4. The summed E-state index contributed by atoms with van der Waals surface area (Å²) in [5.74, 6) is -0.897. The van der Waals surface area contributed by atoms with Gasteiger partial charge in [0, 0.05) is 20.1 Å². The van der Waals surface area contributed by atoms with Crippen LogP contribution in [0.2, 0.25) is 0 Å². The van der Waals surface area contributed by atoms with Crippen LogP contribution in [-0.2, 0) is 9.47 Å². The lowest BCUT2D eigenvalue weighted by Gasteiger charge is -2.42. The molecule has 0 N–H and O–H groups in total. The largest absolute Gasteiger partial charge is 0.381 e. The second kappa shape index (κ2) is 7.82. The van der Waals surface area contributed by atoms with Crippen molar-refractivity contribution >= 4 is 0 Å². The first-order chi connectivity index (χ1) is 10.1. The van der Waals surface area contributed by atoms with Crippen LogP contribution < -0.4 is 0 Å². The van der Waals surface area contributed by atoms with Gasteiger partial charge in [0.1, 0.15) is 12.3 Å². The molecule has 2 aliphatic rings. The zero-order valence-electron chi connectivity index (χ0n) is 12.9. The third kappa shape index (κ3) is 3.92. The standard InChI is InChI=1S/C16H27F3O2/c1-3-8-21-14-7-6-12(15(18)16(14)19)11-5-4-10(20-2)9-13(11)17/h10-16H,3-9H2,1-2H3. The first kappa shape index (κ1) is 17.1. The fraction of sp³-hybridized carbons (Fsp3) is 1.00. The number of hydrogen-bond donors (Lipinski definition) is 0. The average molecular weight is 308 g/mol. The van der Waals surface area contributed by atoms with Crippen LogP contribution in [-0.4, -0.2) is 44.4 Å². The van der Waals surface area contributed by atoms with Crippen molar-refractivity contribution in [2.45, 2.75) is 76.2 Å². The number of methoxy groups -OCH3 is 1. The van der Waals surface area contributed by atoms with Crippen molar-refractivity contribution in [3.8, 4) is 0 Å². The summed E-state index contributed by atoms with van der Waals surface area (Å²) in [5, 5.41) is 0. The summed E-state index contributed by atoms with van der Waals surface area (Å²) in [6.07, 6.45) is -1.66. The zero-order valence-corrected chi connectivity index (χ0v) is 12.9. The van der Waals surface area contributed by atoms with Gasteiger partial charge in [-0.05, 0) is 43.9 Å². The highest BCUT2D eigenvalue weighted by Gasteiger charge is 2.47.